The number of hydrogen-bond donors (Lipinski definition) is 0. The van der Waals surface area contributed by atoms with Crippen LogP contribution in [0.3, 0.4) is 0 Å². The predicted molar refractivity (Wildman–Crippen MR) is 75.2 cm³/mol. The maximum atomic E-state index is 12.0. The second-order valence-corrected chi connectivity index (χ2v) is 4.15. The van der Waals surface area contributed by atoms with E-state index in [0.29, 0.717) is 12.4 Å². The van der Waals surface area contributed by atoms with Crippen LogP contribution in [0.25, 0.3) is 0 Å². The van der Waals surface area contributed by atoms with Gasteiger partial charge >= 0.3 is 0 Å². The van der Waals surface area contributed by atoms with Crippen molar-refractivity contribution in [3.05, 3.63) is 54.1 Å². The molecule has 0 amide bonds. The van der Waals surface area contributed by atoms with Crippen molar-refractivity contribution >= 4 is 0 Å². The largest absolute Gasteiger partial charge is 0.497 e. The summed E-state index contributed by atoms with van der Waals surface area (Å²) in [6.07, 6.45) is 0. The molecule has 0 aliphatic heterocycles. The zero-order valence-electron chi connectivity index (χ0n) is 11.3. The minimum atomic E-state index is -0.490. The van der Waals surface area contributed by atoms with E-state index in [4.69, 9.17) is 14.2 Å². The van der Waals surface area contributed by atoms with E-state index in [1.165, 1.54) is 0 Å². The van der Waals surface area contributed by atoms with Crippen molar-refractivity contribution < 1.29 is 18.6 Å². The molecule has 0 atom stereocenters. The fourth-order valence-electron chi connectivity index (χ4n) is 1.68. The molecule has 0 spiro atoms. The summed E-state index contributed by atoms with van der Waals surface area (Å²) in [7, 11) is 1.64. The molecule has 0 saturated heterocycles. The molecule has 0 aliphatic rings. The van der Waals surface area contributed by atoms with E-state index in [9.17, 15) is 4.39 Å². The van der Waals surface area contributed by atoms with Crippen LogP contribution < -0.4 is 14.2 Å². The third kappa shape index (κ3) is 4.16. The zero-order chi connectivity index (χ0) is 14.2. The zero-order valence-corrected chi connectivity index (χ0v) is 11.3. The van der Waals surface area contributed by atoms with Gasteiger partial charge in [0.25, 0.3) is 0 Å². The minimum absolute atomic E-state index is 0.0754. The van der Waals surface area contributed by atoms with Gasteiger partial charge < -0.3 is 14.2 Å². The second-order valence-electron chi connectivity index (χ2n) is 4.15. The minimum Gasteiger partial charge on any atom is -0.497 e. The van der Waals surface area contributed by atoms with Crippen molar-refractivity contribution in [2.45, 2.75) is 6.61 Å². The Labute approximate surface area is 117 Å². The molecule has 0 fully saturated rings. The predicted octanol–water partition coefficient (Wildman–Crippen LogP) is 3.62. The first kappa shape index (κ1) is 14.2. The number of hydrogen-bond acceptors (Lipinski definition) is 3. The topological polar surface area (TPSA) is 27.7 Å². The molecule has 2 aromatic carbocycles. The van der Waals surface area contributed by atoms with E-state index in [1.807, 2.05) is 24.3 Å². The molecule has 4 heteroatoms. The van der Waals surface area contributed by atoms with E-state index in [1.54, 1.807) is 31.4 Å². The van der Waals surface area contributed by atoms with Crippen LogP contribution in [-0.2, 0) is 6.61 Å². The van der Waals surface area contributed by atoms with Gasteiger partial charge in [0.05, 0.1) is 7.11 Å². The van der Waals surface area contributed by atoms with Crippen molar-refractivity contribution in [2.75, 3.05) is 20.4 Å². The highest BCUT2D eigenvalue weighted by Crippen LogP contribution is 2.19. The summed E-state index contributed by atoms with van der Waals surface area (Å²) in [6.45, 7) is 0.0659. The molecule has 2 aromatic rings. The first-order chi connectivity index (χ1) is 9.81. The highest BCUT2D eigenvalue weighted by molar-refractivity contribution is 5.32. The van der Waals surface area contributed by atoms with Gasteiger partial charge in [-0.2, -0.15) is 0 Å². The Morgan fingerprint density at radius 1 is 0.800 bits per heavy atom. The van der Waals surface area contributed by atoms with Gasteiger partial charge in [0.1, 0.15) is 37.1 Å². The Balaban J connectivity index is 1.86. The quantitative estimate of drug-likeness (QED) is 0.773. The molecule has 0 aromatic heterocycles. The molecule has 0 unspecified atom stereocenters. The Kier molecular flexibility index (Phi) is 5.24. The number of alkyl halides is 1. The summed E-state index contributed by atoms with van der Waals surface area (Å²) in [5.41, 5.74) is 1.06. The van der Waals surface area contributed by atoms with Crippen molar-refractivity contribution in [3.8, 4) is 17.2 Å². The van der Waals surface area contributed by atoms with Gasteiger partial charge in [-0.25, -0.2) is 4.39 Å². The lowest BCUT2D eigenvalue weighted by Gasteiger charge is -2.08. The van der Waals surface area contributed by atoms with E-state index in [-0.39, 0.29) is 6.61 Å². The van der Waals surface area contributed by atoms with Crippen LogP contribution in [-0.4, -0.2) is 20.4 Å². The maximum absolute atomic E-state index is 12.0. The summed E-state index contributed by atoms with van der Waals surface area (Å²) < 4.78 is 27.9. The molecule has 0 N–H and O–H groups in total. The fraction of sp³-hybridized carbons (Fsp3) is 0.250. The summed E-state index contributed by atoms with van der Waals surface area (Å²) in [5.74, 6) is 2.20. The number of halogens is 1. The molecule has 0 heterocycles. The lowest BCUT2D eigenvalue weighted by molar-refractivity contribution is 0.271. The number of rotatable bonds is 7. The molecule has 0 bridgehead atoms. The first-order valence-corrected chi connectivity index (χ1v) is 6.36. The highest BCUT2D eigenvalue weighted by atomic mass is 19.1. The molecule has 106 valence electrons. The van der Waals surface area contributed by atoms with Crippen molar-refractivity contribution in [1.29, 1.82) is 0 Å². The highest BCUT2D eigenvalue weighted by Gasteiger charge is 1.98. The molecule has 3 nitrogen and oxygen atoms in total. The Hall–Kier alpha value is -2.23. The lowest BCUT2D eigenvalue weighted by Crippen LogP contribution is -1.99. The SMILES string of the molecule is COc1ccc(COc2ccc(OCCF)cc2)cc1. The average Bonchev–Trinajstić information content (AvgIpc) is 2.52. The molecule has 2 rings (SSSR count). The molecule has 0 radical (unpaired) electrons. The van der Waals surface area contributed by atoms with Crippen molar-refractivity contribution in [3.63, 3.8) is 0 Å². The molecule has 0 aliphatic carbocycles. The number of ether oxygens (including phenoxy) is 3. The monoisotopic (exact) mass is 276 g/mol. The van der Waals surface area contributed by atoms with Crippen LogP contribution in [0.5, 0.6) is 17.2 Å². The smallest absolute Gasteiger partial charge is 0.123 e. The van der Waals surface area contributed by atoms with Crippen LogP contribution in [0, 0.1) is 0 Å². The Morgan fingerprint density at radius 3 is 1.90 bits per heavy atom. The van der Waals surface area contributed by atoms with Gasteiger partial charge in [-0.1, -0.05) is 12.1 Å². The maximum Gasteiger partial charge on any atom is 0.123 e. The normalized spacial score (nSPS) is 10.1. The summed E-state index contributed by atoms with van der Waals surface area (Å²) in [4.78, 5) is 0. The van der Waals surface area contributed by atoms with Gasteiger partial charge in [0, 0.05) is 0 Å². The first-order valence-electron chi connectivity index (χ1n) is 6.36. The van der Waals surface area contributed by atoms with Crippen molar-refractivity contribution in [1.82, 2.24) is 0 Å². The van der Waals surface area contributed by atoms with Crippen molar-refractivity contribution in [2.24, 2.45) is 0 Å². The summed E-state index contributed by atoms with van der Waals surface area (Å²) in [6, 6.07) is 14.8. The van der Waals surface area contributed by atoms with Crippen LogP contribution in [0.4, 0.5) is 4.39 Å². The van der Waals surface area contributed by atoms with Gasteiger partial charge in [-0.3, -0.25) is 0 Å². The number of methoxy groups -OCH3 is 1. The average molecular weight is 276 g/mol. The van der Waals surface area contributed by atoms with Crippen LogP contribution in [0.1, 0.15) is 5.56 Å². The van der Waals surface area contributed by atoms with Crippen LogP contribution in [0.15, 0.2) is 48.5 Å². The fourth-order valence-corrected chi connectivity index (χ4v) is 1.68. The summed E-state index contributed by atoms with van der Waals surface area (Å²) >= 11 is 0. The van der Waals surface area contributed by atoms with Gasteiger partial charge in [-0.15, -0.1) is 0 Å². The van der Waals surface area contributed by atoms with Gasteiger partial charge in [-0.05, 0) is 42.0 Å². The third-order valence-corrected chi connectivity index (χ3v) is 2.73. The summed E-state index contributed by atoms with van der Waals surface area (Å²) in [5, 5.41) is 0. The second kappa shape index (κ2) is 7.38. The van der Waals surface area contributed by atoms with E-state index in [2.05, 4.69) is 0 Å². The molecule has 0 saturated carbocycles. The van der Waals surface area contributed by atoms with Gasteiger partial charge in [0.15, 0.2) is 0 Å². The molecular weight excluding hydrogens is 259 g/mol. The standard InChI is InChI=1S/C16H17FO3/c1-18-14-4-2-13(3-5-14)12-20-16-8-6-15(7-9-16)19-11-10-17/h2-9H,10-12H2,1H3. The van der Waals surface area contributed by atoms with E-state index in [0.717, 1.165) is 17.1 Å². The number of benzene rings is 2. The molecule has 20 heavy (non-hydrogen) atoms. The van der Waals surface area contributed by atoms with E-state index < -0.39 is 6.67 Å². The third-order valence-electron chi connectivity index (χ3n) is 2.73. The Morgan fingerprint density at radius 2 is 1.35 bits per heavy atom. The van der Waals surface area contributed by atoms with Crippen LogP contribution >= 0.6 is 0 Å². The van der Waals surface area contributed by atoms with E-state index >= 15 is 0 Å². The molecular formula is C16H17FO3. The lowest BCUT2D eigenvalue weighted by atomic mass is 10.2. The van der Waals surface area contributed by atoms with Gasteiger partial charge in [0.2, 0.25) is 0 Å². The Bertz CT molecular complexity index is 508. The van der Waals surface area contributed by atoms with Crippen LogP contribution in [0.2, 0.25) is 0 Å².